The van der Waals surface area contributed by atoms with E-state index in [4.69, 9.17) is 29.9 Å². The Hall–Kier alpha value is -17.4. The monoisotopic (exact) mass is 1740 g/mol. The number of para-hydroxylation sites is 1. The second-order valence-electron chi connectivity index (χ2n) is 37.4. The van der Waals surface area contributed by atoms with Gasteiger partial charge in [-0.2, -0.15) is 0 Å². The van der Waals surface area contributed by atoms with Crippen molar-refractivity contribution in [3.8, 4) is 119 Å². The van der Waals surface area contributed by atoms with Crippen LogP contribution in [-0.4, -0.2) is 58.6 Å². The van der Waals surface area contributed by atoms with E-state index in [-0.39, 0.29) is 16.2 Å². The summed E-state index contributed by atoms with van der Waals surface area (Å²) < 4.78 is 6.98. The van der Waals surface area contributed by atoms with Gasteiger partial charge in [0.1, 0.15) is 0 Å². The summed E-state index contributed by atoms with van der Waals surface area (Å²) in [6.45, 7) is 14.1. The standard InChI is InChI=1S/C46H32N4.C40H28N4.C38H26N4/c1-46(2)37-23-12-11-22-35(37)41-33-20-9-10-21-34(33)42-36-24-25-47-28-40(36)50(44(42)43(41)46)32-19-13-18-31(26-32)45-48-38(29-14-5-3-6-15-29)27-39(49-45)30-16-7-4-8-17-30;1-40(2)31-20-12-11-19-29(31)35-27-17-9-10-18-28(27)36-30-21-22-41-24-34(30)44(38(36)37(35)40)39-42-32(25-13-5-3-6-14-25)23-33(43-39)26-15-7-4-8-16-26;1-38(2)29-18-10-8-16-26(29)32-24-14-6-7-15-25(24)33-28-20-21-39-22-31(28)42(36(33)34(32)38)37-40-30-19-11-9-17-27(30)35(41-37)23-12-4-3-5-13-23/h3-28H,1-2H3;3-24H,1-2H3;3-22H,1-2H3. The molecule has 28 rings (SSSR count). The first-order valence-electron chi connectivity index (χ1n) is 46.5. The number of pyridine rings is 3. The molecule has 12 nitrogen and oxygen atoms in total. The maximum atomic E-state index is 5.34. The zero-order valence-corrected chi connectivity index (χ0v) is 75.6. The fraction of sp³-hybridized carbons (Fsp3) is 0.0726. The van der Waals surface area contributed by atoms with Crippen molar-refractivity contribution in [1.82, 2.24) is 58.6 Å². The molecular weight excluding hydrogens is 1660 g/mol. The molecule has 0 bridgehead atoms. The first kappa shape index (κ1) is 79.6. The molecule has 16 aromatic carbocycles. The van der Waals surface area contributed by atoms with Crippen LogP contribution < -0.4 is 0 Å². The Balaban J connectivity index is 0.000000106. The number of hydrogen-bond donors (Lipinski definition) is 0. The van der Waals surface area contributed by atoms with E-state index in [0.29, 0.717) is 17.7 Å². The third-order valence-electron chi connectivity index (χ3n) is 28.8. The molecule has 3 aliphatic rings. The summed E-state index contributed by atoms with van der Waals surface area (Å²) in [5.41, 5.74) is 34.5. The van der Waals surface area contributed by atoms with Crippen LogP contribution in [-0.2, 0) is 16.2 Å². The maximum absolute atomic E-state index is 5.34. The van der Waals surface area contributed by atoms with E-state index in [0.717, 1.165) is 117 Å². The van der Waals surface area contributed by atoms with Crippen LogP contribution in [0.1, 0.15) is 74.9 Å². The van der Waals surface area contributed by atoms with E-state index in [2.05, 4.69) is 410 Å². The lowest BCUT2D eigenvalue weighted by Gasteiger charge is -2.24. The third-order valence-corrected chi connectivity index (χ3v) is 28.8. The minimum absolute atomic E-state index is 0.219. The summed E-state index contributed by atoms with van der Waals surface area (Å²) in [5.74, 6) is 1.99. The molecule has 9 aromatic heterocycles. The maximum Gasteiger partial charge on any atom is 0.235 e. The average Bonchev–Trinajstić information content (AvgIpc) is 1.53. The first-order chi connectivity index (χ1) is 66.8. The van der Waals surface area contributed by atoms with Crippen molar-refractivity contribution in [3.05, 3.63) is 447 Å². The number of fused-ring (bicyclic) bond motifs is 31. The highest BCUT2D eigenvalue weighted by Gasteiger charge is 2.44. The van der Waals surface area contributed by atoms with Crippen molar-refractivity contribution in [2.45, 2.75) is 57.8 Å². The van der Waals surface area contributed by atoms with Gasteiger partial charge in [-0.15, -0.1) is 0 Å². The third kappa shape index (κ3) is 12.1. The minimum atomic E-state index is -0.243. The second kappa shape index (κ2) is 30.9. The smallest absolute Gasteiger partial charge is 0.235 e. The Morgan fingerprint density at radius 2 is 0.537 bits per heavy atom. The van der Waals surface area contributed by atoms with Gasteiger partial charge < -0.3 is 4.57 Å². The van der Waals surface area contributed by atoms with Crippen LogP contribution >= 0.6 is 0 Å². The first-order valence-corrected chi connectivity index (χ1v) is 46.5. The Kier molecular flexibility index (Phi) is 18.1. The molecule has 0 amide bonds. The van der Waals surface area contributed by atoms with Crippen LogP contribution in [0.5, 0.6) is 0 Å². The quantitative estimate of drug-likeness (QED) is 0.139. The Bertz CT molecular complexity index is 9140. The van der Waals surface area contributed by atoms with E-state index in [1.807, 2.05) is 73.6 Å². The molecule has 0 spiro atoms. The lowest BCUT2D eigenvalue weighted by atomic mass is 9.80. The molecule has 0 unspecified atom stereocenters. The van der Waals surface area contributed by atoms with E-state index < -0.39 is 0 Å². The van der Waals surface area contributed by atoms with Crippen molar-refractivity contribution >= 4 is 109 Å². The van der Waals surface area contributed by atoms with Crippen LogP contribution in [0.15, 0.2) is 413 Å². The van der Waals surface area contributed by atoms with E-state index in [1.165, 1.54) is 126 Å². The van der Waals surface area contributed by atoms with Gasteiger partial charge in [0.05, 0.1) is 85.7 Å². The number of nitrogens with zero attached hydrogens (tertiary/aromatic N) is 12. The molecule has 0 aliphatic heterocycles. The minimum Gasteiger partial charge on any atom is -0.307 e. The number of hydrogen-bond acceptors (Lipinski definition) is 9. The Morgan fingerprint density at radius 3 is 0.934 bits per heavy atom. The lowest BCUT2D eigenvalue weighted by molar-refractivity contribution is 0.663. The lowest BCUT2D eigenvalue weighted by Crippen LogP contribution is -2.17. The molecule has 0 atom stereocenters. The van der Waals surface area contributed by atoms with Gasteiger partial charge in [0.25, 0.3) is 0 Å². The Morgan fingerprint density at radius 1 is 0.228 bits per heavy atom. The predicted octanol–water partition coefficient (Wildman–Crippen LogP) is 30.4. The number of benzene rings is 16. The molecule has 0 radical (unpaired) electrons. The van der Waals surface area contributed by atoms with Crippen molar-refractivity contribution < 1.29 is 0 Å². The summed E-state index contributed by atoms with van der Waals surface area (Å²) in [4.78, 5) is 45.4. The molecule has 0 saturated carbocycles. The van der Waals surface area contributed by atoms with Gasteiger partial charge in [-0.3, -0.25) is 24.1 Å². The summed E-state index contributed by atoms with van der Waals surface area (Å²) in [6.07, 6.45) is 11.6. The van der Waals surface area contributed by atoms with Gasteiger partial charge >= 0.3 is 0 Å². The molecule has 3 aliphatic carbocycles. The van der Waals surface area contributed by atoms with Crippen molar-refractivity contribution in [2.24, 2.45) is 0 Å². The highest BCUT2D eigenvalue weighted by Crippen LogP contribution is 2.61. The van der Waals surface area contributed by atoms with Gasteiger partial charge in [0, 0.05) is 112 Å². The summed E-state index contributed by atoms with van der Waals surface area (Å²) in [6, 6.07) is 133. The van der Waals surface area contributed by atoms with Crippen molar-refractivity contribution in [3.63, 3.8) is 0 Å². The largest absolute Gasteiger partial charge is 0.307 e. The number of rotatable bonds is 9. The highest BCUT2D eigenvalue weighted by molar-refractivity contribution is 6.30. The van der Waals surface area contributed by atoms with Gasteiger partial charge in [0.2, 0.25) is 11.9 Å². The van der Waals surface area contributed by atoms with Crippen molar-refractivity contribution in [2.75, 3.05) is 0 Å². The molecule has 0 saturated heterocycles. The van der Waals surface area contributed by atoms with Gasteiger partial charge in [0.15, 0.2) is 5.82 Å². The van der Waals surface area contributed by atoms with Crippen LogP contribution in [0.3, 0.4) is 0 Å². The van der Waals surface area contributed by atoms with E-state index in [1.54, 1.807) is 0 Å². The SMILES string of the molecule is CC1(C)c2ccccc2-c2c1c1c(c3ccccc23)c2ccncc2n1-c1cccc(-c2nc(-c3ccccc3)cc(-c3ccccc3)n2)c1.CC1(C)c2ccccc2-c2c1c1c(c3ccccc23)c2ccncc2n1-c1nc(-c2ccccc2)c2ccccc2n1.CC1(C)c2ccccc2-c2c1c1c(c3ccccc23)c2ccncc2n1-c1nc(-c2ccccc2)cc(-c2ccccc2)n1. The fourth-order valence-corrected chi connectivity index (χ4v) is 22.8. The van der Waals surface area contributed by atoms with Gasteiger partial charge in [-0.05, 0) is 148 Å². The Labute approximate surface area is 785 Å². The topological polar surface area (TPSA) is 131 Å². The zero-order valence-electron chi connectivity index (χ0n) is 75.6. The van der Waals surface area contributed by atoms with E-state index >= 15 is 0 Å². The molecular formula is C124H86N12. The molecule has 0 N–H and O–H groups in total. The number of aromatic nitrogens is 12. The van der Waals surface area contributed by atoms with Crippen LogP contribution in [0.4, 0.5) is 0 Å². The van der Waals surface area contributed by atoms with E-state index in [9.17, 15) is 0 Å². The summed E-state index contributed by atoms with van der Waals surface area (Å²) >= 11 is 0. The van der Waals surface area contributed by atoms with Crippen LogP contribution in [0.2, 0.25) is 0 Å². The molecule has 0 fully saturated rings. The molecule has 642 valence electrons. The normalized spacial score (nSPS) is 13.4. The molecule has 9 heterocycles. The van der Waals surface area contributed by atoms with Gasteiger partial charge in [-0.1, -0.05) is 369 Å². The average molecular weight is 1740 g/mol. The van der Waals surface area contributed by atoms with Crippen LogP contribution in [0, 0.1) is 0 Å². The second-order valence-corrected chi connectivity index (χ2v) is 37.4. The van der Waals surface area contributed by atoms with Crippen LogP contribution in [0.25, 0.3) is 227 Å². The molecule has 25 aromatic rings. The summed E-state index contributed by atoms with van der Waals surface area (Å²) in [5, 5.41) is 15.8. The fourth-order valence-electron chi connectivity index (χ4n) is 22.8. The molecule has 136 heavy (non-hydrogen) atoms. The molecule has 12 heteroatoms. The predicted molar refractivity (Wildman–Crippen MR) is 558 cm³/mol. The van der Waals surface area contributed by atoms with Crippen molar-refractivity contribution in [1.29, 1.82) is 0 Å². The highest BCUT2D eigenvalue weighted by atomic mass is 15.2. The zero-order chi connectivity index (χ0) is 90.8. The summed E-state index contributed by atoms with van der Waals surface area (Å²) in [7, 11) is 0. The van der Waals surface area contributed by atoms with Gasteiger partial charge in [-0.25, -0.2) is 29.9 Å².